The SMILES string of the molecule is N#Cc1cccc(C(=O)N(Cc2ccccn2)Cc2ccco2)c1. The number of amides is 1. The number of carbonyl (C=O) groups excluding carboxylic acids is 1. The zero-order valence-electron chi connectivity index (χ0n) is 12.9. The molecule has 24 heavy (non-hydrogen) atoms. The van der Waals surface area contributed by atoms with E-state index in [0.29, 0.717) is 30.0 Å². The van der Waals surface area contributed by atoms with E-state index in [1.807, 2.05) is 24.3 Å². The highest BCUT2D eigenvalue weighted by Gasteiger charge is 2.18. The smallest absolute Gasteiger partial charge is 0.254 e. The third kappa shape index (κ3) is 3.68. The second kappa shape index (κ2) is 7.25. The third-order valence-corrected chi connectivity index (χ3v) is 3.53. The highest BCUT2D eigenvalue weighted by Crippen LogP contribution is 2.14. The van der Waals surface area contributed by atoms with Gasteiger partial charge < -0.3 is 9.32 Å². The van der Waals surface area contributed by atoms with E-state index in [-0.39, 0.29) is 5.91 Å². The molecular formula is C19H15N3O2. The molecule has 0 aliphatic carbocycles. The largest absolute Gasteiger partial charge is 0.467 e. The van der Waals surface area contributed by atoms with Crippen molar-refractivity contribution in [2.45, 2.75) is 13.1 Å². The van der Waals surface area contributed by atoms with Gasteiger partial charge in [-0.05, 0) is 42.5 Å². The molecule has 2 heterocycles. The fraction of sp³-hybridized carbons (Fsp3) is 0.105. The van der Waals surface area contributed by atoms with Gasteiger partial charge in [-0.1, -0.05) is 12.1 Å². The number of nitriles is 1. The van der Waals surface area contributed by atoms with Gasteiger partial charge in [0.2, 0.25) is 0 Å². The summed E-state index contributed by atoms with van der Waals surface area (Å²) in [5.41, 5.74) is 1.71. The molecule has 0 radical (unpaired) electrons. The number of pyridine rings is 1. The fourth-order valence-electron chi connectivity index (χ4n) is 2.38. The van der Waals surface area contributed by atoms with Crippen molar-refractivity contribution in [3.05, 3.63) is 89.6 Å². The number of hydrogen-bond acceptors (Lipinski definition) is 4. The van der Waals surface area contributed by atoms with Crippen LogP contribution in [-0.4, -0.2) is 15.8 Å². The molecule has 0 saturated carbocycles. The first-order valence-electron chi connectivity index (χ1n) is 7.48. The molecule has 5 heteroatoms. The Balaban J connectivity index is 1.87. The molecule has 3 rings (SSSR count). The van der Waals surface area contributed by atoms with Gasteiger partial charge >= 0.3 is 0 Å². The van der Waals surface area contributed by atoms with Gasteiger partial charge in [-0.2, -0.15) is 5.26 Å². The molecule has 1 aromatic carbocycles. The highest BCUT2D eigenvalue weighted by atomic mass is 16.3. The van der Waals surface area contributed by atoms with E-state index >= 15 is 0 Å². The lowest BCUT2D eigenvalue weighted by Crippen LogP contribution is -2.30. The first-order valence-corrected chi connectivity index (χ1v) is 7.48. The Labute approximate surface area is 139 Å². The van der Waals surface area contributed by atoms with Gasteiger partial charge in [0.05, 0.1) is 36.7 Å². The molecule has 0 fully saturated rings. The number of carbonyl (C=O) groups is 1. The molecule has 0 bridgehead atoms. The van der Waals surface area contributed by atoms with Crippen molar-refractivity contribution in [2.24, 2.45) is 0 Å². The average molecular weight is 317 g/mol. The maximum absolute atomic E-state index is 12.9. The molecule has 2 aromatic heterocycles. The lowest BCUT2D eigenvalue weighted by molar-refractivity contribution is 0.0715. The lowest BCUT2D eigenvalue weighted by atomic mass is 10.1. The summed E-state index contributed by atoms with van der Waals surface area (Å²) >= 11 is 0. The number of nitrogens with zero attached hydrogens (tertiary/aromatic N) is 3. The standard InChI is InChI=1S/C19H15N3O2/c20-12-15-5-3-6-16(11-15)19(23)22(14-18-8-4-10-24-18)13-17-7-1-2-9-21-17/h1-11H,13-14H2. The summed E-state index contributed by atoms with van der Waals surface area (Å²) in [5.74, 6) is 0.518. The number of aromatic nitrogens is 1. The molecule has 5 nitrogen and oxygen atoms in total. The van der Waals surface area contributed by atoms with E-state index < -0.39 is 0 Å². The van der Waals surface area contributed by atoms with Crippen molar-refractivity contribution in [3.8, 4) is 6.07 Å². The number of hydrogen-bond donors (Lipinski definition) is 0. The van der Waals surface area contributed by atoms with Crippen LogP contribution < -0.4 is 0 Å². The summed E-state index contributed by atoms with van der Waals surface area (Å²) in [6.07, 6.45) is 3.27. The van der Waals surface area contributed by atoms with Crippen LogP contribution in [0.5, 0.6) is 0 Å². The Bertz CT molecular complexity index is 852. The molecule has 3 aromatic rings. The van der Waals surface area contributed by atoms with Crippen LogP contribution in [-0.2, 0) is 13.1 Å². The van der Waals surface area contributed by atoms with Crippen molar-refractivity contribution in [1.29, 1.82) is 5.26 Å². The molecule has 1 amide bonds. The van der Waals surface area contributed by atoms with Gasteiger partial charge in [-0.3, -0.25) is 9.78 Å². The maximum Gasteiger partial charge on any atom is 0.254 e. The minimum Gasteiger partial charge on any atom is -0.467 e. The molecule has 0 atom stereocenters. The first kappa shape index (κ1) is 15.5. The van der Waals surface area contributed by atoms with Crippen LogP contribution in [0, 0.1) is 11.3 Å². The molecule has 0 N–H and O–H groups in total. The van der Waals surface area contributed by atoms with E-state index in [9.17, 15) is 4.79 Å². The minimum atomic E-state index is -0.172. The number of furan rings is 1. The Hall–Kier alpha value is -3.39. The molecule has 0 unspecified atom stereocenters. The maximum atomic E-state index is 12.9. The predicted octanol–water partition coefficient (Wildman–Crippen LogP) is 3.39. The second-order valence-electron chi connectivity index (χ2n) is 5.25. The Morgan fingerprint density at radius 2 is 2.04 bits per heavy atom. The van der Waals surface area contributed by atoms with Crippen LogP contribution in [0.2, 0.25) is 0 Å². The van der Waals surface area contributed by atoms with E-state index in [1.165, 1.54) is 0 Å². The van der Waals surface area contributed by atoms with Crippen molar-refractivity contribution >= 4 is 5.91 Å². The quantitative estimate of drug-likeness (QED) is 0.723. The zero-order chi connectivity index (χ0) is 16.8. The Morgan fingerprint density at radius 3 is 2.75 bits per heavy atom. The van der Waals surface area contributed by atoms with Crippen molar-refractivity contribution in [1.82, 2.24) is 9.88 Å². The van der Waals surface area contributed by atoms with Gasteiger partial charge in [0.25, 0.3) is 5.91 Å². The van der Waals surface area contributed by atoms with Crippen molar-refractivity contribution < 1.29 is 9.21 Å². The minimum absolute atomic E-state index is 0.172. The Morgan fingerprint density at radius 1 is 1.12 bits per heavy atom. The van der Waals surface area contributed by atoms with Crippen LogP contribution in [0.15, 0.2) is 71.5 Å². The van der Waals surface area contributed by atoms with Gasteiger partial charge in [0.1, 0.15) is 5.76 Å². The second-order valence-corrected chi connectivity index (χ2v) is 5.25. The first-order chi connectivity index (χ1) is 11.8. The van der Waals surface area contributed by atoms with Gasteiger partial charge in [0, 0.05) is 11.8 Å². The summed E-state index contributed by atoms with van der Waals surface area (Å²) in [5, 5.41) is 9.03. The van der Waals surface area contributed by atoms with Crippen LogP contribution in [0.25, 0.3) is 0 Å². The van der Waals surface area contributed by atoms with E-state index in [1.54, 1.807) is 47.7 Å². The van der Waals surface area contributed by atoms with Crippen LogP contribution in [0.1, 0.15) is 27.4 Å². The van der Waals surface area contributed by atoms with Gasteiger partial charge in [-0.15, -0.1) is 0 Å². The van der Waals surface area contributed by atoms with E-state index in [2.05, 4.69) is 11.1 Å². The average Bonchev–Trinajstić information content (AvgIpc) is 3.14. The molecule has 0 spiro atoms. The fourth-order valence-corrected chi connectivity index (χ4v) is 2.38. The summed E-state index contributed by atoms with van der Waals surface area (Å²) in [7, 11) is 0. The Kier molecular flexibility index (Phi) is 4.68. The van der Waals surface area contributed by atoms with Gasteiger partial charge in [-0.25, -0.2) is 0 Å². The van der Waals surface area contributed by atoms with Crippen molar-refractivity contribution in [2.75, 3.05) is 0 Å². The van der Waals surface area contributed by atoms with E-state index in [0.717, 1.165) is 5.69 Å². The summed E-state index contributed by atoms with van der Waals surface area (Å²) in [6.45, 7) is 0.691. The van der Waals surface area contributed by atoms with Gasteiger partial charge in [0.15, 0.2) is 0 Å². The monoisotopic (exact) mass is 317 g/mol. The molecular weight excluding hydrogens is 302 g/mol. The summed E-state index contributed by atoms with van der Waals surface area (Å²) in [4.78, 5) is 18.8. The number of rotatable bonds is 5. The highest BCUT2D eigenvalue weighted by molar-refractivity contribution is 5.94. The van der Waals surface area contributed by atoms with Crippen molar-refractivity contribution in [3.63, 3.8) is 0 Å². The summed E-state index contributed by atoms with van der Waals surface area (Å²) in [6, 6.07) is 17.9. The molecule has 0 aliphatic rings. The van der Waals surface area contributed by atoms with Crippen LogP contribution in [0.3, 0.4) is 0 Å². The summed E-state index contributed by atoms with van der Waals surface area (Å²) < 4.78 is 5.37. The predicted molar refractivity (Wildman–Crippen MR) is 87.7 cm³/mol. The normalized spacial score (nSPS) is 10.1. The molecule has 0 saturated heterocycles. The van der Waals surface area contributed by atoms with E-state index in [4.69, 9.17) is 9.68 Å². The topological polar surface area (TPSA) is 70.1 Å². The van der Waals surface area contributed by atoms with Crippen LogP contribution >= 0.6 is 0 Å². The molecule has 0 aliphatic heterocycles. The lowest BCUT2D eigenvalue weighted by Gasteiger charge is -2.21. The molecule has 118 valence electrons. The number of benzene rings is 1. The van der Waals surface area contributed by atoms with Crippen LogP contribution in [0.4, 0.5) is 0 Å². The third-order valence-electron chi connectivity index (χ3n) is 3.53. The zero-order valence-corrected chi connectivity index (χ0v) is 12.9.